The van der Waals surface area contributed by atoms with Gasteiger partial charge < -0.3 is 20.1 Å². The molecule has 0 radical (unpaired) electrons. The Kier molecular flexibility index (Phi) is 6.51. The van der Waals surface area contributed by atoms with Gasteiger partial charge in [0.25, 0.3) is 0 Å². The van der Waals surface area contributed by atoms with Crippen LogP contribution in [0.3, 0.4) is 0 Å². The second kappa shape index (κ2) is 8.89. The Morgan fingerprint density at radius 1 is 0.955 bits per heavy atom. The number of para-hydroxylation sites is 1. The van der Waals surface area contributed by atoms with E-state index in [1.807, 2.05) is 61.5 Å². The maximum absolute atomic E-state index is 5.68. The minimum absolute atomic E-state index is 0.482. The van der Waals surface area contributed by atoms with E-state index in [0.29, 0.717) is 18.3 Å². The molecular weight excluding hydrogens is 296 g/mol. The molecule has 2 aromatic rings. The van der Waals surface area contributed by atoms with Gasteiger partial charge in [0.2, 0.25) is 0 Å². The Labute approximate surface area is 136 Å². The maximum atomic E-state index is 5.68. The number of ether oxygens (including phenoxy) is 2. The third kappa shape index (κ3) is 5.61. The molecule has 0 unspecified atom stereocenters. The lowest BCUT2D eigenvalue weighted by Crippen LogP contribution is -2.27. The second-order valence-electron chi connectivity index (χ2n) is 4.52. The Bertz CT molecular complexity index is 590. The Morgan fingerprint density at radius 2 is 1.64 bits per heavy atom. The molecule has 4 nitrogen and oxygen atoms in total. The molecule has 0 spiro atoms. The van der Waals surface area contributed by atoms with Gasteiger partial charge in [0, 0.05) is 18.3 Å². The highest BCUT2D eigenvalue weighted by atomic mass is 32.1. The van der Waals surface area contributed by atoms with E-state index in [0.717, 1.165) is 23.7 Å². The van der Waals surface area contributed by atoms with E-state index in [-0.39, 0.29) is 0 Å². The fourth-order valence-corrected chi connectivity index (χ4v) is 2.10. The molecule has 116 valence electrons. The van der Waals surface area contributed by atoms with Crippen molar-refractivity contribution >= 4 is 23.0 Å². The van der Waals surface area contributed by atoms with Gasteiger partial charge in [-0.25, -0.2) is 0 Å². The summed E-state index contributed by atoms with van der Waals surface area (Å²) in [5.74, 6) is 1.62. The Balaban J connectivity index is 1.77. The summed E-state index contributed by atoms with van der Waals surface area (Å²) in [7, 11) is 0. The topological polar surface area (TPSA) is 42.5 Å². The average molecular weight is 316 g/mol. The minimum Gasteiger partial charge on any atom is -0.490 e. The van der Waals surface area contributed by atoms with Crippen LogP contribution in [-0.4, -0.2) is 24.9 Å². The average Bonchev–Trinajstić information content (AvgIpc) is 2.53. The number of hydrogen-bond donors (Lipinski definition) is 2. The SMILES string of the molecule is CCNC(=S)Nc1cccc(OCCOc2ccccc2)c1. The van der Waals surface area contributed by atoms with Crippen LogP contribution in [0.25, 0.3) is 0 Å². The number of nitrogens with one attached hydrogen (secondary N) is 2. The van der Waals surface area contributed by atoms with Gasteiger partial charge in [-0.05, 0) is 43.4 Å². The molecule has 0 aliphatic carbocycles. The summed E-state index contributed by atoms with van der Waals surface area (Å²) in [4.78, 5) is 0. The van der Waals surface area contributed by atoms with Crippen molar-refractivity contribution in [1.29, 1.82) is 0 Å². The highest BCUT2D eigenvalue weighted by molar-refractivity contribution is 7.80. The molecular formula is C17H20N2O2S. The predicted molar refractivity (Wildman–Crippen MR) is 93.8 cm³/mol. The zero-order chi connectivity index (χ0) is 15.6. The van der Waals surface area contributed by atoms with Crippen LogP contribution in [0.4, 0.5) is 5.69 Å². The molecule has 0 aromatic heterocycles. The fourth-order valence-electron chi connectivity index (χ4n) is 1.84. The van der Waals surface area contributed by atoms with Crippen molar-refractivity contribution < 1.29 is 9.47 Å². The molecule has 0 atom stereocenters. The lowest BCUT2D eigenvalue weighted by molar-refractivity contribution is 0.217. The molecule has 0 amide bonds. The molecule has 0 saturated heterocycles. The van der Waals surface area contributed by atoms with Gasteiger partial charge in [-0.15, -0.1) is 0 Å². The smallest absolute Gasteiger partial charge is 0.170 e. The highest BCUT2D eigenvalue weighted by Gasteiger charge is 1.99. The third-order valence-electron chi connectivity index (χ3n) is 2.79. The molecule has 0 aliphatic rings. The van der Waals surface area contributed by atoms with Crippen LogP contribution in [0, 0.1) is 0 Å². The number of rotatable bonds is 7. The van der Waals surface area contributed by atoms with Crippen LogP contribution in [0.5, 0.6) is 11.5 Å². The summed E-state index contributed by atoms with van der Waals surface area (Å²) in [5.41, 5.74) is 0.896. The van der Waals surface area contributed by atoms with Crippen LogP contribution in [0.15, 0.2) is 54.6 Å². The van der Waals surface area contributed by atoms with E-state index in [9.17, 15) is 0 Å². The Morgan fingerprint density at radius 3 is 2.36 bits per heavy atom. The van der Waals surface area contributed by atoms with Crippen molar-refractivity contribution in [2.45, 2.75) is 6.92 Å². The van der Waals surface area contributed by atoms with E-state index in [1.54, 1.807) is 0 Å². The van der Waals surface area contributed by atoms with Gasteiger partial charge >= 0.3 is 0 Å². The number of thiocarbonyl (C=S) groups is 1. The molecule has 2 aromatic carbocycles. The normalized spacial score (nSPS) is 9.86. The van der Waals surface area contributed by atoms with Crippen LogP contribution in [0.2, 0.25) is 0 Å². The summed E-state index contributed by atoms with van der Waals surface area (Å²) in [6, 6.07) is 17.4. The van der Waals surface area contributed by atoms with Crippen LogP contribution in [-0.2, 0) is 0 Å². The molecule has 2 N–H and O–H groups in total. The monoisotopic (exact) mass is 316 g/mol. The van der Waals surface area contributed by atoms with Gasteiger partial charge in [-0.2, -0.15) is 0 Å². The van der Waals surface area contributed by atoms with Gasteiger partial charge in [-0.3, -0.25) is 0 Å². The minimum atomic E-state index is 0.482. The lowest BCUT2D eigenvalue weighted by atomic mass is 10.3. The quantitative estimate of drug-likeness (QED) is 0.605. The highest BCUT2D eigenvalue weighted by Crippen LogP contribution is 2.17. The van der Waals surface area contributed by atoms with Gasteiger partial charge in [0.1, 0.15) is 24.7 Å². The van der Waals surface area contributed by atoms with Crippen molar-refractivity contribution in [3.8, 4) is 11.5 Å². The second-order valence-corrected chi connectivity index (χ2v) is 4.93. The zero-order valence-corrected chi connectivity index (χ0v) is 13.4. The predicted octanol–water partition coefficient (Wildman–Crippen LogP) is 3.45. The lowest BCUT2D eigenvalue weighted by Gasteiger charge is -2.11. The van der Waals surface area contributed by atoms with E-state index < -0.39 is 0 Å². The maximum Gasteiger partial charge on any atom is 0.170 e. The molecule has 0 heterocycles. The van der Waals surface area contributed by atoms with E-state index >= 15 is 0 Å². The van der Waals surface area contributed by atoms with Crippen molar-refractivity contribution in [3.63, 3.8) is 0 Å². The molecule has 2 rings (SSSR count). The van der Waals surface area contributed by atoms with Gasteiger partial charge in [0.15, 0.2) is 5.11 Å². The summed E-state index contributed by atoms with van der Waals surface area (Å²) >= 11 is 5.16. The summed E-state index contributed by atoms with van der Waals surface area (Å²) < 4.78 is 11.3. The first-order valence-electron chi connectivity index (χ1n) is 7.23. The summed E-state index contributed by atoms with van der Waals surface area (Å²) in [6.45, 7) is 3.77. The van der Waals surface area contributed by atoms with Crippen LogP contribution >= 0.6 is 12.2 Å². The molecule has 0 fully saturated rings. The van der Waals surface area contributed by atoms with Crippen molar-refractivity contribution in [2.75, 3.05) is 25.1 Å². The molecule has 0 aliphatic heterocycles. The molecule has 22 heavy (non-hydrogen) atoms. The number of anilines is 1. The first-order valence-corrected chi connectivity index (χ1v) is 7.64. The first kappa shape index (κ1) is 16.1. The van der Waals surface area contributed by atoms with Gasteiger partial charge in [0.05, 0.1) is 0 Å². The zero-order valence-electron chi connectivity index (χ0n) is 12.5. The van der Waals surface area contributed by atoms with E-state index in [1.165, 1.54) is 0 Å². The van der Waals surface area contributed by atoms with Crippen LogP contribution < -0.4 is 20.1 Å². The first-order chi connectivity index (χ1) is 10.8. The van der Waals surface area contributed by atoms with E-state index in [4.69, 9.17) is 21.7 Å². The van der Waals surface area contributed by atoms with Crippen molar-refractivity contribution in [3.05, 3.63) is 54.6 Å². The standard InChI is InChI=1S/C17H20N2O2S/c1-2-18-17(22)19-14-7-6-10-16(13-14)21-12-11-20-15-8-4-3-5-9-15/h3-10,13H,2,11-12H2,1H3,(H2,18,19,22). The van der Waals surface area contributed by atoms with Gasteiger partial charge in [-0.1, -0.05) is 24.3 Å². The molecule has 0 bridgehead atoms. The largest absolute Gasteiger partial charge is 0.490 e. The van der Waals surface area contributed by atoms with Crippen molar-refractivity contribution in [2.24, 2.45) is 0 Å². The Hall–Kier alpha value is -2.27. The fraction of sp³-hybridized carbons (Fsp3) is 0.235. The van der Waals surface area contributed by atoms with E-state index in [2.05, 4.69) is 10.6 Å². The third-order valence-corrected chi connectivity index (χ3v) is 3.04. The number of hydrogen-bond acceptors (Lipinski definition) is 3. The molecule has 5 heteroatoms. The summed E-state index contributed by atoms with van der Waals surface area (Å²) in [6.07, 6.45) is 0. The summed E-state index contributed by atoms with van der Waals surface area (Å²) in [5, 5.41) is 6.76. The number of benzene rings is 2. The van der Waals surface area contributed by atoms with Crippen molar-refractivity contribution in [1.82, 2.24) is 5.32 Å². The van der Waals surface area contributed by atoms with Crippen LogP contribution in [0.1, 0.15) is 6.92 Å². The molecule has 0 saturated carbocycles.